The second kappa shape index (κ2) is 6.28. The van der Waals surface area contributed by atoms with Gasteiger partial charge in [0.05, 0.1) is 0 Å². The van der Waals surface area contributed by atoms with E-state index in [1.807, 2.05) is 19.2 Å². The van der Waals surface area contributed by atoms with Crippen LogP contribution in [0.2, 0.25) is 0 Å². The molecular weight excluding hydrogens is 284 g/mol. The van der Waals surface area contributed by atoms with E-state index in [9.17, 15) is 0 Å². The molecule has 1 saturated heterocycles. The molecule has 2 heterocycles. The monoisotopic (exact) mass is 308 g/mol. The number of aryl methyl sites for hydroxylation is 1. The zero-order valence-electron chi connectivity index (χ0n) is 13.7. The van der Waals surface area contributed by atoms with Crippen LogP contribution in [0, 0.1) is 12.8 Å². The van der Waals surface area contributed by atoms with E-state index in [0.29, 0.717) is 0 Å². The third-order valence-corrected chi connectivity index (χ3v) is 5.10. The molecule has 2 atom stereocenters. The minimum Gasteiger partial charge on any atom is -0.354 e. The molecule has 0 radical (unpaired) electrons. The van der Waals surface area contributed by atoms with Gasteiger partial charge < -0.3 is 4.90 Å². The van der Waals surface area contributed by atoms with Crippen molar-refractivity contribution in [2.75, 3.05) is 37.6 Å². The molecule has 4 rings (SSSR count). The number of rotatable bonds is 4. The molecule has 1 aliphatic heterocycles. The zero-order valence-corrected chi connectivity index (χ0v) is 13.7. The Morgan fingerprint density at radius 3 is 2.57 bits per heavy atom. The fourth-order valence-corrected chi connectivity index (χ4v) is 3.67. The molecule has 0 N–H and O–H groups in total. The van der Waals surface area contributed by atoms with Gasteiger partial charge in [-0.3, -0.25) is 4.90 Å². The van der Waals surface area contributed by atoms with Crippen molar-refractivity contribution < 1.29 is 0 Å². The van der Waals surface area contributed by atoms with E-state index in [-0.39, 0.29) is 0 Å². The molecule has 0 unspecified atom stereocenters. The van der Waals surface area contributed by atoms with Crippen LogP contribution < -0.4 is 4.90 Å². The number of benzene rings is 1. The van der Waals surface area contributed by atoms with Crippen LogP contribution in [-0.4, -0.2) is 47.6 Å². The standard InChI is InChI=1S/C19H24N4/c1-15-20-8-7-19(21-15)23-11-9-22(10-12-23)14-17-13-18(17)16-5-3-2-4-6-16/h2-8,17-18H,9-14H2,1H3/t17-,18-/m0/s1. The van der Waals surface area contributed by atoms with E-state index in [1.54, 1.807) is 0 Å². The minimum atomic E-state index is 0.791. The highest BCUT2D eigenvalue weighted by Gasteiger charge is 2.39. The number of hydrogen-bond acceptors (Lipinski definition) is 4. The summed E-state index contributed by atoms with van der Waals surface area (Å²) < 4.78 is 0. The summed E-state index contributed by atoms with van der Waals surface area (Å²) in [5.74, 6) is 3.57. The van der Waals surface area contributed by atoms with Crippen molar-refractivity contribution in [3.05, 3.63) is 54.0 Å². The Balaban J connectivity index is 1.28. The summed E-state index contributed by atoms with van der Waals surface area (Å²) in [6, 6.07) is 13.0. The van der Waals surface area contributed by atoms with Crippen LogP contribution in [-0.2, 0) is 0 Å². The molecule has 1 aliphatic carbocycles. The normalized spacial score (nSPS) is 24.7. The van der Waals surface area contributed by atoms with Crippen LogP contribution >= 0.6 is 0 Å². The molecule has 1 saturated carbocycles. The van der Waals surface area contributed by atoms with Gasteiger partial charge in [0.1, 0.15) is 11.6 Å². The van der Waals surface area contributed by atoms with Crippen molar-refractivity contribution in [3.8, 4) is 0 Å². The zero-order chi connectivity index (χ0) is 15.6. The van der Waals surface area contributed by atoms with E-state index >= 15 is 0 Å². The summed E-state index contributed by atoms with van der Waals surface area (Å²) in [7, 11) is 0. The average molecular weight is 308 g/mol. The maximum absolute atomic E-state index is 4.54. The predicted molar refractivity (Wildman–Crippen MR) is 92.7 cm³/mol. The Labute approximate surface area is 138 Å². The van der Waals surface area contributed by atoms with Crippen LogP contribution in [0.3, 0.4) is 0 Å². The molecule has 2 fully saturated rings. The lowest BCUT2D eigenvalue weighted by atomic mass is 10.1. The molecule has 2 aliphatic rings. The lowest BCUT2D eigenvalue weighted by Gasteiger charge is -2.35. The summed E-state index contributed by atoms with van der Waals surface area (Å²) in [4.78, 5) is 13.7. The van der Waals surface area contributed by atoms with Gasteiger partial charge in [-0.2, -0.15) is 0 Å². The van der Waals surface area contributed by atoms with Gasteiger partial charge in [-0.1, -0.05) is 30.3 Å². The van der Waals surface area contributed by atoms with Crippen molar-refractivity contribution in [1.82, 2.24) is 14.9 Å². The van der Waals surface area contributed by atoms with Crippen molar-refractivity contribution in [1.29, 1.82) is 0 Å². The van der Waals surface area contributed by atoms with Gasteiger partial charge in [0, 0.05) is 38.9 Å². The maximum Gasteiger partial charge on any atom is 0.132 e. The summed E-state index contributed by atoms with van der Waals surface area (Å²) >= 11 is 0. The van der Waals surface area contributed by atoms with Crippen molar-refractivity contribution in [2.45, 2.75) is 19.3 Å². The Hall–Kier alpha value is -1.94. The van der Waals surface area contributed by atoms with Gasteiger partial charge in [0.25, 0.3) is 0 Å². The van der Waals surface area contributed by atoms with E-state index in [0.717, 1.165) is 49.7 Å². The van der Waals surface area contributed by atoms with Crippen LogP contribution in [0.4, 0.5) is 5.82 Å². The highest BCUT2D eigenvalue weighted by Crippen LogP contribution is 2.47. The van der Waals surface area contributed by atoms with E-state index in [1.165, 1.54) is 18.5 Å². The van der Waals surface area contributed by atoms with E-state index in [4.69, 9.17) is 0 Å². The van der Waals surface area contributed by atoms with Gasteiger partial charge >= 0.3 is 0 Å². The lowest BCUT2D eigenvalue weighted by molar-refractivity contribution is 0.246. The minimum absolute atomic E-state index is 0.791. The van der Waals surface area contributed by atoms with Gasteiger partial charge in [0.15, 0.2) is 0 Å². The molecule has 4 nitrogen and oxygen atoms in total. The first-order valence-electron chi connectivity index (χ1n) is 8.61. The van der Waals surface area contributed by atoms with E-state index < -0.39 is 0 Å². The SMILES string of the molecule is Cc1nccc(N2CCN(C[C@@H]3C[C@H]3c3ccccc3)CC2)n1. The highest BCUT2D eigenvalue weighted by molar-refractivity contribution is 5.38. The maximum atomic E-state index is 4.54. The second-order valence-electron chi connectivity index (χ2n) is 6.76. The second-order valence-corrected chi connectivity index (χ2v) is 6.76. The first kappa shape index (κ1) is 14.6. The first-order chi connectivity index (χ1) is 11.3. The Bertz CT molecular complexity index is 649. The lowest BCUT2D eigenvalue weighted by Crippen LogP contribution is -2.47. The Morgan fingerprint density at radius 1 is 1.04 bits per heavy atom. The number of nitrogens with zero attached hydrogens (tertiary/aromatic N) is 4. The highest BCUT2D eigenvalue weighted by atomic mass is 15.3. The summed E-state index contributed by atoms with van der Waals surface area (Å²) in [5, 5.41) is 0. The molecule has 0 spiro atoms. The number of aromatic nitrogens is 2. The van der Waals surface area contributed by atoms with E-state index in [2.05, 4.69) is 50.1 Å². The van der Waals surface area contributed by atoms with Gasteiger partial charge in [-0.05, 0) is 36.8 Å². The summed E-state index contributed by atoms with van der Waals surface area (Å²) in [6.45, 7) is 7.62. The van der Waals surface area contributed by atoms with Crippen LogP contribution in [0.25, 0.3) is 0 Å². The molecule has 120 valence electrons. The molecular formula is C19H24N4. The Kier molecular flexibility index (Phi) is 4.00. The number of hydrogen-bond donors (Lipinski definition) is 0. The molecule has 1 aromatic carbocycles. The number of anilines is 1. The molecule has 4 heteroatoms. The first-order valence-corrected chi connectivity index (χ1v) is 8.61. The molecule has 0 amide bonds. The van der Waals surface area contributed by atoms with Gasteiger partial charge in [-0.25, -0.2) is 9.97 Å². The van der Waals surface area contributed by atoms with Crippen LogP contribution in [0.15, 0.2) is 42.6 Å². The third-order valence-electron chi connectivity index (χ3n) is 5.10. The van der Waals surface area contributed by atoms with Crippen molar-refractivity contribution >= 4 is 5.82 Å². The Morgan fingerprint density at radius 2 is 1.83 bits per heavy atom. The molecule has 23 heavy (non-hydrogen) atoms. The van der Waals surface area contributed by atoms with Gasteiger partial charge in [0.2, 0.25) is 0 Å². The average Bonchev–Trinajstić information content (AvgIpc) is 3.36. The molecule has 2 aromatic rings. The fraction of sp³-hybridized carbons (Fsp3) is 0.474. The van der Waals surface area contributed by atoms with Crippen molar-refractivity contribution in [3.63, 3.8) is 0 Å². The summed E-state index contributed by atoms with van der Waals surface area (Å²) in [5.41, 5.74) is 1.52. The number of piperazine rings is 1. The third kappa shape index (κ3) is 3.37. The molecule has 0 bridgehead atoms. The smallest absolute Gasteiger partial charge is 0.132 e. The molecule has 1 aromatic heterocycles. The largest absolute Gasteiger partial charge is 0.354 e. The van der Waals surface area contributed by atoms with Crippen molar-refractivity contribution in [2.24, 2.45) is 5.92 Å². The fourth-order valence-electron chi connectivity index (χ4n) is 3.67. The quantitative estimate of drug-likeness (QED) is 0.869. The topological polar surface area (TPSA) is 32.3 Å². The van der Waals surface area contributed by atoms with Crippen LogP contribution in [0.1, 0.15) is 23.7 Å². The summed E-state index contributed by atoms with van der Waals surface area (Å²) in [6.07, 6.45) is 3.22. The van der Waals surface area contributed by atoms with Crippen LogP contribution in [0.5, 0.6) is 0 Å². The predicted octanol–water partition coefficient (Wildman–Crippen LogP) is 2.71. The van der Waals surface area contributed by atoms with Gasteiger partial charge in [-0.15, -0.1) is 0 Å².